The van der Waals surface area contributed by atoms with Crippen molar-refractivity contribution in [1.82, 2.24) is 10.6 Å². The summed E-state index contributed by atoms with van der Waals surface area (Å²) in [6, 6.07) is 8.05. The van der Waals surface area contributed by atoms with Gasteiger partial charge in [0, 0.05) is 22.0 Å². The van der Waals surface area contributed by atoms with Gasteiger partial charge in [-0.1, -0.05) is 18.2 Å². The molecule has 2 N–H and O–H groups in total. The number of carbonyl (C=O) groups excluding carboxylic acids is 1. The fourth-order valence-electron chi connectivity index (χ4n) is 2.37. The van der Waals surface area contributed by atoms with E-state index in [9.17, 15) is 4.79 Å². The molecule has 1 aromatic carbocycles. The molecule has 3 nitrogen and oxygen atoms in total. The fraction of sp³-hybridized carbons (Fsp3) is 0.357. The number of hydrogen-bond donors (Lipinski definition) is 2. The quantitative estimate of drug-likeness (QED) is 0.914. The Labute approximate surface area is 122 Å². The molecule has 5 heteroatoms. The Balaban J connectivity index is 0.00000133. The highest BCUT2D eigenvalue weighted by Gasteiger charge is 2.17. The largest absolute Gasteiger partial charge is 0.352 e. The van der Waals surface area contributed by atoms with Crippen molar-refractivity contribution in [2.75, 3.05) is 19.6 Å². The van der Waals surface area contributed by atoms with Gasteiger partial charge in [0.15, 0.2) is 0 Å². The smallest absolute Gasteiger partial charge is 0.252 e. The third-order valence-electron chi connectivity index (χ3n) is 3.44. The molecule has 3 rings (SSSR count). The van der Waals surface area contributed by atoms with Gasteiger partial charge in [-0.15, -0.1) is 23.7 Å². The van der Waals surface area contributed by atoms with E-state index in [4.69, 9.17) is 0 Å². The van der Waals surface area contributed by atoms with Crippen molar-refractivity contribution < 1.29 is 4.79 Å². The van der Waals surface area contributed by atoms with Crippen LogP contribution in [0.3, 0.4) is 0 Å². The molecule has 1 saturated heterocycles. The van der Waals surface area contributed by atoms with Crippen LogP contribution in [0.4, 0.5) is 0 Å². The summed E-state index contributed by atoms with van der Waals surface area (Å²) in [5.41, 5.74) is 0.807. The minimum Gasteiger partial charge on any atom is -0.352 e. The van der Waals surface area contributed by atoms with Crippen molar-refractivity contribution in [3.8, 4) is 0 Å². The minimum atomic E-state index is 0. The Morgan fingerprint density at radius 1 is 1.42 bits per heavy atom. The number of benzene rings is 1. The molecule has 1 unspecified atom stereocenters. The fourth-order valence-corrected chi connectivity index (χ4v) is 3.32. The maximum absolute atomic E-state index is 12.2. The van der Waals surface area contributed by atoms with Crippen LogP contribution in [0.15, 0.2) is 29.6 Å². The molecule has 1 fully saturated rings. The Bertz CT molecular complexity index is 563. The zero-order valence-corrected chi connectivity index (χ0v) is 12.2. The van der Waals surface area contributed by atoms with Crippen molar-refractivity contribution in [3.63, 3.8) is 0 Å². The average molecular weight is 297 g/mol. The average Bonchev–Trinajstić information content (AvgIpc) is 3.05. The second-order valence-electron chi connectivity index (χ2n) is 4.71. The third kappa shape index (κ3) is 3.08. The highest BCUT2D eigenvalue weighted by Crippen LogP contribution is 2.25. The van der Waals surface area contributed by atoms with Crippen LogP contribution in [0.5, 0.6) is 0 Å². The van der Waals surface area contributed by atoms with Crippen LogP contribution in [0.25, 0.3) is 10.1 Å². The molecule has 102 valence electrons. The van der Waals surface area contributed by atoms with Crippen LogP contribution in [0.1, 0.15) is 16.8 Å². The SMILES string of the molecule is Cl.O=C(NCC1CCNC1)c1csc2ccccc12. The van der Waals surface area contributed by atoms with Gasteiger partial charge in [0.25, 0.3) is 5.91 Å². The second-order valence-corrected chi connectivity index (χ2v) is 5.63. The molecule has 0 aliphatic carbocycles. The summed E-state index contributed by atoms with van der Waals surface area (Å²) in [6.45, 7) is 2.86. The summed E-state index contributed by atoms with van der Waals surface area (Å²) in [4.78, 5) is 12.2. The van der Waals surface area contributed by atoms with Crippen molar-refractivity contribution in [2.24, 2.45) is 5.92 Å². The first kappa shape index (κ1) is 14.3. The molecule has 1 atom stereocenters. The summed E-state index contributed by atoms with van der Waals surface area (Å²) in [6.07, 6.45) is 1.16. The van der Waals surface area contributed by atoms with Crippen LogP contribution in [0.2, 0.25) is 0 Å². The maximum Gasteiger partial charge on any atom is 0.252 e. The molecule has 2 heterocycles. The van der Waals surface area contributed by atoms with E-state index in [1.54, 1.807) is 11.3 Å². The van der Waals surface area contributed by atoms with Crippen molar-refractivity contribution in [1.29, 1.82) is 0 Å². The van der Waals surface area contributed by atoms with Gasteiger partial charge in [0.1, 0.15) is 0 Å². The number of fused-ring (bicyclic) bond motifs is 1. The number of nitrogens with one attached hydrogen (secondary N) is 2. The standard InChI is InChI=1S/C14H16N2OS.ClH/c17-14(16-8-10-5-6-15-7-10)12-9-18-13-4-2-1-3-11(12)13;/h1-4,9-10,15H,5-8H2,(H,16,17);1H. The normalized spacial score (nSPS) is 18.2. The number of carbonyl (C=O) groups is 1. The number of hydrogen-bond acceptors (Lipinski definition) is 3. The van der Waals surface area contributed by atoms with Crippen molar-refractivity contribution in [3.05, 3.63) is 35.2 Å². The molecule has 2 aromatic rings. The lowest BCUT2D eigenvalue weighted by molar-refractivity contribution is 0.0950. The van der Waals surface area contributed by atoms with Crippen molar-refractivity contribution >= 4 is 39.7 Å². The van der Waals surface area contributed by atoms with E-state index in [1.165, 1.54) is 4.70 Å². The van der Waals surface area contributed by atoms with E-state index in [0.29, 0.717) is 5.92 Å². The topological polar surface area (TPSA) is 41.1 Å². The first-order chi connectivity index (χ1) is 8.84. The highest BCUT2D eigenvalue weighted by molar-refractivity contribution is 7.17. The number of amides is 1. The van der Waals surface area contributed by atoms with Crippen molar-refractivity contribution in [2.45, 2.75) is 6.42 Å². The molecule has 0 bridgehead atoms. The molecule has 1 aliphatic rings. The predicted octanol–water partition coefficient (Wildman–Crippen LogP) is 2.66. The first-order valence-electron chi connectivity index (χ1n) is 6.30. The van der Waals surface area contributed by atoms with Crippen LogP contribution >= 0.6 is 23.7 Å². The van der Waals surface area contributed by atoms with E-state index < -0.39 is 0 Å². The molecule has 0 radical (unpaired) electrons. The number of halogens is 1. The molecule has 1 aliphatic heterocycles. The Hall–Kier alpha value is -1.10. The van der Waals surface area contributed by atoms with Gasteiger partial charge in [-0.3, -0.25) is 4.79 Å². The van der Waals surface area contributed by atoms with Crippen LogP contribution < -0.4 is 10.6 Å². The van der Waals surface area contributed by atoms with Crippen LogP contribution in [-0.4, -0.2) is 25.5 Å². The lowest BCUT2D eigenvalue weighted by atomic mass is 10.1. The van der Waals surface area contributed by atoms with E-state index in [-0.39, 0.29) is 18.3 Å². The van der Waals surface area contributed by atoms with Gasteiger partial charge < -0.3 is 10.6 Å². The van der Waals surface area contributed by atoms with Gasteiger partial charge >= 0.3 is 0 Å². The summed E-state index contributed by atoms with van der Waals surface area (Å²) >= 11 is 1.63. The molecule has 1 amide bonds. The predicted molar refractivity (Wildman–Crippen MR) is 82.4 cm³/mol. The molecular weight excluding hydrogens is 280 g/mol. The number of rotatable bonds is 3. The van der Waals surface area contributed by atoms with E-state index >= 15 is 0 Å². The van der Waals surface area contributed by atoms with E-state index in [2.05, 4.69) is 16.7 Å². The zero-order chi connectivity index (χ0) is 12.4. The zero-order valence-electron chi connectivity index (χ0n) is 10.5. The lowest BCUT2D eigenvalue weighted by Crippen LogP contribution is -2.30. The summed E-state index contributed by atoms with van der Waals surface area (Å²) in [5.74, 6) is 0.637. The summed E-state index contributed by atoms with van der Waals surface area (Å²) in [5, 5.41) is 9.37. The molecular formula is C14H17ClN2OS. The van der Waals surface area contributed by atoms with Gasteiger partial charge in [-0.25, -0.2) is 0 Å². The minimum absolute atomic E-state index is 0. The maximum atomic E-state index is 12.2. The molecule has 0 saturated carbocycles. The highest BCUT2D eigenvalue weighted by atomic mass is 35.5. The van der Waals surface area contributed by atoms with Crippen LogP contribution in [-0.2, 0) is 0 Å². The molecule has 19 heavy (non-hydrogen) atoms. The Kier molecular flexibility index (Phi) is 4.80. The Morgan fingerprint density at radius 3 is 3.05 bits per heavy atom. The monoisotopic (exact) mass is 296 g/mol. The summed E-state index contributed by atoms with van der Waals surface area (Å²) < 4.78 is 1.17. The lowest BCUT2D eigenvalue weighted by Gasteiger charge is -2.09. The third-order valence-corrected chi connectivity index (χ3v) is 4.40. The Morgan fingerprint density at radius 2 is 2.26 bits per heavy atom. The molecule has 1 aromatic heterocycles. The van der Waals surface area contributed by atoms with E-state index in [1.807, 2.05) is 23.6 Å². The number of thiophene rings is 1. The van der Waals surface area contributed by atoms with Gasteiger partial charge in [-0.05, 0) is 31.5 Å². The first-order valence-corrected chi connectivity index (χ1v) is 7.18. The second kappa shape index (κ2) is 6.37. The van der Waals surface area contributed by atoms with Crippen LogP contribution in [0, 0.1) is 5.92 Å². The molecule has 0 spiro atoms. The van der Waals surface area contributed by atoms with Gasteiger partial charge in [-0.2, -0.15) is 0 Å². The van der Waals surface area contributed by atoms with E-state index in [0.717, 1.165) is 37.0 Å². The summed E-state index contributed by atoms with van der Waals surface area (Å²) in [7, 11) is 0. The van der Waals surface area contributed by atoms with Gasteiger partial charge in [0.2, 0.25) is 0 Å². The van der Waals surface area contributed by atoms with Gasteiger partial charge in [0.05, 0.1) is 5.56 Å².